The number of hydrogen-bond donors (Lipinski definition) is 0. The molecule has 0 aliphatic carbocycles. The van der Waals surface area contributed by atoms with Gasteiger partial charge in [0.05, 0.1) is 10.5 Å². The van der Waals surface area contributed by atoms with Crippen molar-refractivity contribution in [3.63, 3.8) is 0 Å². The van der Waals surface area contributed by atoms with E-state index in [1.165, 1.54) is 12.1 Å². The molecule has 1 aromatic rings. The third-order valence-electron chi connectivity index (χ3n) is 1.85. The molecule has 0 radical (unpaired) electrons. The first-order valence-corrected chi connectivity index (χ1v) is 4.65. The van der Waals surface area contributed by atoms with Crippen molar-refractivity contribution < 1.29 is 19.2 Å². The van der Waals surface area contributed by atoms with Crippen LogP contribution in [0.15, 0.2) is 18.2 Å². The monoisotopic (exact) mass is 223 g/mol. The number of fused-ring (bicyclic) bond motifs is 1. The van der Waals surface area contributed by atoms with Crippen LogP contribution in [0.5, 0.6) is 0 Å². The Balaban J connectivity index is 0.000000606. The Morgan fingerprint density at radius 1 is 1.19 bits per heavy atom. The number of nitro benzene ring substituents is 1. The maximum atomic E-state index is 11.1. The van der Waals surface area contributed by atoms with Crippen LogP contribution in [0, 0.1) is 10.1 Å². The molecule has 0 atom stereocenters. The van der Waals surface area contributed by atoms with Crippen LogP contribution in [0.25, 0.3) is 0 Å². The molecule has 2 rings (SSSR count). The molecule has 84 valence electrons. The van der Waals surface area contributed by atoms with Gasteiger partial charge >= 0.3 is 11.9 Å². The van der Waals surface area contributed by atoms with E-state index in [9.17, 15) is 19.7 Å². The van der Waals surface area contributed by atoms with Crippen molar-refractivity contribution in [3.8, 4) is 0 Å². The third kappa shape index (κ3) is 1.77. The summed E-state index contributed by atoms with van der Waals surface area (Å²) >= 11 is 0. The van der Waals surface area contributed by atoms with Crippen molar-refractivity contribution >= 4 is 17.6 Å². The molecule has 0 N–H and O–H groups in total. The molecule has 0 aromatic heterocycles. The highest BCUT2D eigenvalue weighted by Crippen LogP contribution is 2.28. The Kier molecular flexibility index (Phi) is 3.34. The average Bonchev–Trinajstić information content (AvgIpc) is 2.58. The van der Waals surface area contributed by atoms with Gasteiger partial charge in [-0.1, -0.05) is 19.9 Å². The number of benzene rings is 1. The lowest BCUT2D eigenvalue weighted by molar-refractivity contribution is -0.385. The zero-order chi connectivity index (χ0) is 12.3. The Hall–Kier alpha value is -2.24. The van der Waals surface area contributed by atoms with Gasteiger partial charge in [-0.3, -0.25) is 10.1 Å². The van der Waals surface area contributed by atoms with E-state index in [1.54, 1.807) is 0 Å². The van der Waals surface area contributed by atoms with Gasteiger partial charge in [-0.05, 0) is 6.07 Å². The van der Waals surface area contributed by atoms with E-state index >= 15 is 0 Å². The van der Waals surface area contributed by atoms with Gasteiger partial charge in [0.25, 0.3) is 5.69 Å². The molecule has 0 fully saturated rings. The first kappa shape index (κ1) is 11.8. The molecule has 1 aliphatic heterocycles. The zero-order valence-electron chi connectivity index (χ0n) is 8.72. The van der Waals surface area contributed by atoms with Crippen molar-refractivity contribution in [2.75, 3.05) is 0 Å². The normalized spacial score (nSPS) is 12.4. The van der Waals surface area contributed by atoms with Crippen LogP contribution in [0.4, 0.5) is 5.69 Å². The van der Waals surface area contributed by atoms with E-state index in [2.05, 4.69) is 4.74 Å². The van der Waals surface area contributed by atoms with Crippen molar-refractivity contribution in [2.24, 2.45) is 0 Å². The zero-order valence-corrected chi connectivity index (χ0v) is 8.72. The summed E-state index contributed by atoms with van der Waals surface area (Å²) in [7, 11) is 0. The molecule has 16 heavy (non-hydrogen) atoms. The van der Waals surface area contributed by atoms with Gasteiger partial charge in [-0.15, -0.1) is 0 Å². The van der Waals surface area contributed by atoms with Gasteiger partial charge in [0.1, 0.15) is 0 Å². The number of carbonyl (C=O) groups excluding carboxylic acids is 2. The van der Waals surface area contributed by atoms with Crippen LogP contribution in [0.3, 0.4) is 0 Å². The summed E-state index contributed by atoms with van der Waals surface area (Å²) in [5, 5.41) is 10.5. The van der Waals surface area contributed by atoms with Crippen molar-refractivity contribution in [1.29, 1.82) is 0 Å². The SMILES string of the molecule is CC.O=C1OC(=O)c2c1cccc2[N+](=O)[O-]. The average molecular weight is 223 g/mol. The van der Waals surface area contributed by atoms with E-state index in [-0.39, 0.29) is 11.1 Å². The van der Waals surface area contributed by atoms with Crippen molar-refractivity contribution in [2.45, 2.75) is 13.8 Å². The summed E-state index contributed by atoms with van der Waals surface area (Å²) in [6, 6.07) is 3.80. The van der Waals surface area contributed by atoms with Crippen molar-refractivity contribution in [3.05, 3.63) is 39.4 Å². The predicted molar refractivity (Wildman–Crippen MR) is 54.2 cm³/mol. The molecule has 0 saturated carbocycles. The van der Waals surface area contributed by atoms with Gasteiger partial charge in [0.2, 0.25) is 0 Å². The largest absolute Gasteiger partial charge is 0.385 e. The fourth-order valence-corrected chi connectivity index (χ4v) is 1.27. The van der Waals surface area contributed by atoms with Crippen LogP contribution < -0.4 is 0 Å². The molecule has 1 aromatic carbocycles. The standard InChI is InChI=1S/C8H3NO5.C2H6/c10-7-4-2-1-3-5(9(12)13)6(4)8(11)14-7;1-2/h1-3H;1-2H3. The van der Waals surface area contributed by atoms with Crippen LogP contribution in [-0.2, 0) is 4.74 Å². The number of carbonyl (C=O) groups is 2. The summed E-state index contributed by atoms with van der Waals surface area (Å²) in [6.45, 7) is 4.00. The second-order valence-electron chi connectivity index (χ2n) is 2.63. The highest BCUT2D eigenvalue weighted by atomic mass is 16.6. The van der Waals surface area contributed by atoms with Crippen LogP contribution in [0.2, 0.25) is 0 Å². The van der Waals surface area contributed by atoms with E-state index < -0.39 is 22.5 Å². The first-order chi connectivity index (χ1) is 7.61. The molecule has 0 amide bonds. The molecule has 1 heterocycles. The van der Waals surface area contributed by atoms with Gasteiger partial charge in [-0.2, -0.15) is 0 Å². The Bertz CT molecular complexity index is 466. The summed E-state index contributed by atoms with van der Waals surface area (Å²) in [5.41, 5.74) is -0.718. The van der Waals surface area contributed by atoms with Gasteiger partial charge in [-0.25, -0.2) is 9.59 Å². The number of ether oxygens (including phenoxy) is 1. The molecule has 0 saturated heterocycles. The van der Waals surface area contributed by atoms with Crippen LogP contribution in [-0.4, -0.2) is 16.9 Å². The molecule has 0 bridgehead atoms. The second-order valence-corrected chi connectivity index (χ2v) is 2.63. The number of nitro groups is 1. The second kappa shape index (κ2) is 4.52. The maximum absolute atomic E-state index is 11.1. The van der Waals surface area contributed by atoms with Crippen LogP contribution in [0.1, 0.15) is 34.6 Å². The Morgan fingerprint density at radius 3 is 2.38 bits per heavy atom. The molecule has 0 unspecified atom stereocenters. The summed E-state index contributed by atoms with van der Waals surface area (Å²) in [6.07, 6.45) is 0. The molecule has 1 aliphatic rings. The maximum Gasteiger partial charge on any atom is 0.353 e. The van der Waals surface area contributed by atoms with Crippen molar-refractivity contribution in [1.82, 2.24) is 0 Å². The molecule has 6 nitrogen and oxygen atoms in total. The smallest absolute Gasteiger partial charge is 0.353 e. The molecular formula is C10H9NO5. The minimum atomic E-state index is -0.961. The number of hydrogen-bond acceptors (Lipinski definition) is 5. The van der Waals surface area contributed by atoms with Gasteiger partial charge in [0.15, 0.2) is 5.56 Å². The quantitative estimate of drug-likeness (QED) is 0.314. The Labute approximate surface area is 91.0 Å². The fourth-order valence-electron chi connectivity index (χ4n) is 1.27. The molecule has 0 spiro atoms. The lowest BCUT2D eigenvalue weighted by atomic mass is 10.1. The van der Waals surface area contributed by atoms with E-state index in [1.807, 2.05) is 13.8 Å². The summed E-state index contributed by atoms with van der Waals surface area (Å²) < 4.78 is 4.24. The molecule has 6 heteroatoms. The number of nitrogens with zero attached hydrogens (tertiary/aromatic N) is 1. The third-order valence-corrected chi connectivity index (χ3v) is 1.85. The minimum Gasteiger partial charge on any atom is -0.385 e. The van der Waals surface area contributed by atoms with E-state index in [0.29, 0.717) is 0 Å². The summed E-state index contributed by atoms with van der Waals surface area (Å²) in [5.74, 6) is -1.80. The number of rotatable bonds is 1. The van der Waals surface area contributed by atoms with Gasteiger partial charge in [0, 0.05) is 6.07 Å². The van der Waals surface area contributed by atoms with E-state index in [0.717, 1.165) is 6.07 Å². The van der Waals surface area contributed by atoms with E-state index in [4.69, 9.17) is 0 Å². The minimum absolute atomic E-state index is 0.0517. The topological polar surface area (TPSA) is 86.5 Å². The first-order valence-electron chi connectivity index (χ1n) is 4.65. The highest BCUT2D eigenvalue weighted by molar-refractivity contribution is 6.16. The Morgan fingerprint density at radius 2 is 1.81 bits per heavy atom. The summed E-state index contributed by atoms with van der Waals surface area (Å²) in [4.78, 5) is 31.8. The number of cyclic esters (lactones) is 2. The van der Waals surface area contributed by atoms with Gasteiger partial charge < -0.3 is 4.74 Å². The fraction of sp³-hybridized carbons (Fsp3) is 0.200. The van der Waals surface area contributed by atoms with Crippen LogP contribution >= 0.6 is 0 Å². The lowest BCUT2D eigenvalue weighted by Gasteiger charge is -1.93. The molecular weight excluding hydrogens is 214 g/mol. The predicted octanol–water partition coefficient (Wildman–Crippen LogP) is 1.93. The highest BCUT2D eigenvalue weighted by Gasteiger charge is 2.36. The lowest BCUT2D eigenvalue weighted by Crippen LogP contribution is -2.00. The number of esters is 2.